The number of nitrogens with two attached hydrogens (primary N) is 1. The standard InChI is InChI=1S/C25H20N2O3S/c1-15-4-3-5-17(12-15)25(28)29-18-8-11-20-22(13-18)30-24(27)21(14-26)23(20)16-6-9-19(31-2)10-7-16/h3-13,23H,27H2,1-2H3. The molecule has 6 heteroatoms. The van der Waals surface area contributed by atoms with Crippen molar-refractivity contribution in [2.45, 2.75) is 17.7 Å². The summed E-state index contributed by atoms with van der Waals surface area (Å²) in [6.45, 7) is 1.91. The highest BCUT2D eigenvalue weighted by molar-refractivity contribution is 7.98. The van der Waals surface area contributed by atoms with Crippen molar-refractivity contribution in [2.75, 3.05) is 6.26 Å². The van der Waals surface area contributed by atoms with E-state index >= 15 is 0 Å². The quantitative estimate of drug-likeness (QED) is 0.351. The first-order valence-corrected chi connectivity index (χ1v) is 10.9. The van der Waals surface area contributed by atoms with E-state index in [0.29, 0.717) is 22.6 Å². The predicted molar refractivity (Wildman–Crippen MR) is 120 cm³/mol. The van der Waals surface area contributed by atoms with E-state index in [1.54, 1.807) is 36.0 Å². The molecule has 5 nitrogen and oxygen atoms in total. The Kier molecular flexibility index (Phi) is 5.70. The van der Waals surface area contributed by atoms with Crippen molar-refractivity contribution in [1.29, 1.82) is 5.26 Å². The van der Waals surface area contributed by atoms with Crippen LogP contribution in [0.4, 0.5) is 0 Å². The summed E-state index contributed by atoms with van der Waals surface area (Å²) in [5.74, 6) is 0.0482. The first-order valence-electron chi connectivity index (χ1n) is 9.64. The van der Waals surface area contributed by atoms with Gasteiger partial charge in [-0.05, 0) is 49.1 Å². The van der Waals surface area contributed by atoms with Gasteiger partial charge in [0.2, 0.25) is 5.88 Å². The molecule has 1 aliphatic rings. The van der Waals surface area contributed by atoms with Crippen LogP contribution < -0.4 is 15.2 Å². The number of ether oxygens (including phenoxy) is 2. The molecule has 0 amide bonds. The number of hydrogen-bond acceptors (Lipinski definition) is 6. The molecule has 3 aromatic rings. The van der Waals surface area contributed by atoms with E-state index in [2.05, 4.69) is 6.07 Å². The highest BCUT2D eigenvalue weighted by Crippen LogP contribution is 2.43. The summed E-state index contributed by atoms with van der Waals surface area (Å²) in [5.41, 5.74) is 9.59. The first-order chi connectivity index (χ1) is 15.0. The Hall–Kier alpha value is -3.69. The van der Waals surface area contributed by atoms with Gasteiger partial charge in [-0.15, -0.1) is 11.8 Å². The molecule has 0 fully saturated rings. The number of carbonyl (C=O) groups is 1. The highest BCUT2D eigenvalue weighted by Gasteiger charge is 2.31. The van der Waals surface area contributed by atoms with Crippen molar-refractivity contribution in [3.8, 4) is 17.6 Å². The molecule has 0 spiro atoms. The molecule has 1 unspecified atom stereocenters. The molecule has 0 saturated heterocycles. The number of rotatable bonds is 4. The molecule has 154 valence electrons. The van der Waals surface area contributed by atoms with Crippen LogP contribution in [0.5, 0.6) is 11.5 Å². The minimum Gasteiger partial charge on any atom is -0.440 e. The molecule has 0 bridgehead atoms. The zero-order valence-electron chi connectivity index (χ0n) is 17.1. The smallest absolute Gasteiger partial charge is 0.343 e. The maximum absolute atomic E-state index is 12.5. The van der Waals surface area contributed by atoms with Gasteiger partial charge in [0.15, 0.2) is 0 Å². The SMILES string of the molecule is CSc1ccc(C2C(C#N)=C(N)Oc3cc(OC(=O)c4cccc(C)c4)ccc32)cc1. The number of carbonyl (C=O) groups excluding carboxylic acids is 1. The fraction of sp³-hybridized carbons (Fsp3) is 0.120. The predicted octanol–water partition coefficient (Wildman–Crippen LogP) is 5.15. The van der Waals surface area contributed by atoms with Crippen molar-refractivity contribution in [3.05, 3.63) is 100 Å². The molecule has 4 rings (SSSR count). The van der Waals surface area contributed by atoms with Crippen LogP contribution in [0.15, 0.2) is 83.1 Å². The maximum Gasteiger partial charge on any atom is 0.343 e. The summed E-state index contributed by atoms with van der Waals surface area (Å²) in [5, 5.41) is 9.70. The van der Waals surface area contributed by atoms with Crippen LogP contribution >= 0.6 is 11.8 Å². The van der Waals surface area contributed by atoms with Gasteiger partial charge < -0.3 is 15.2 Å². The molecular formula is C25H20N2O3S. The molecule has 1 aliphatic heterocycles. The number of esters is 1. The van der Waals surface area contributed by atoms with Crippen molar-refractivity contribution in [1.82, 2.24) is 0 Å². The van der Waals surface area contributed by atoms with Crippen LogP contribution in [0.25, 0.3) is 0 Å². The maximum atomic E-state index is 12.5. The van der Waals surface area contributed by atoms with E-state index < -0.39 is 5.97 Å². The highest BCUT2D eigenvalue weighted by atomic mass is 32.2. The third-order valence-electron chi connectivity index (χ3n) is 5.10. The Balaban J connectivity index is 1.68. The normalized spacial score (nSPS) is 14.9. The molecule has 0 saturated carbocycles. The Bertz CT molecular complexity index is 1230. The number of aryl methyl sites for hydroxylation is 1. The van der Waals surface area contributed by atoms with E-state index in [0.717, 1.165) is 21.6 Å². The van der Waals surface area contributed by atoms with Gasteiger partial charge in [-0.2, -0.15) is 5.26 Å². The molecular weight excluding hydrogens is 408 g/mol. The number of nitrogens with zero attached hydrogens (tertiary/aromatic N) is 1. The van der Waals surface area contributed by atoms with Crippen LogP contribution in [0, 0.1) is 18.3 Å². The molecule has 0 aliphatic carbocycles. The summed E-state index contributed by atoms with van der Waals surface area (Å²) < 4.78 is 11.3. The van der Waals surface area contributed by atoms with Crippen LogP contribution in [-0.4, -0.2) is 12.2 Å². The summed E-state index contributed by atoms with van der Waals surface area (Å²) in [7, 11) is 0. The van der Waals surface area contributed by atoms with E-state index in [4.69, 9.17) is 15.2 Å². The van der Waals surface area contributed by atoms with Gasteiger partial charge in [-0.25, -0.2) is 4.79 Å². The molecule has 0 radical (unpaired) electrons. The molecule has 0 aromatic heterocycles. The lowest BCUT2D eigenvalue weighted by atomic mass is 9.83. The zero-order valence-corrected chi connectivity index (χ0v) is 17.9. The second-order valence-electron chi connectivity index (χ2n) is 7.16. The average molecular weight is 429 g/mol. The zero-order chi connectivity index (χ0) is 22.0. The number of nitriles is 1. The molecule has 2 N–H and O–H groups in total. The van der Waals surface area contributed by atoms with Crippen molar-refractivity contribution in [2.24, 2.45) is 5.73 Å². The second kappa shape index (κ2) is 8.58. The van der Waals surface area contributed by atoms with Crippen LogP contribution in [-0.2, 0) is 0 Å². The largest absolute Gasteiger partial charge is 0.440 e. The third-order valence-corrected chi connectivity index (χ3v) is 5.85. The summed E-state index contributed by atoms with van der Waals surface area (Å²) in [6, 6.07) is 22.5. The van der Waals surface area contributed by atoms with Crippen LogP contribution in [0.2, 0.25) is 0 Å². The van der Waals surface area contributed by atoms with Gasteiger partial charge in [0.05, 0.1) is 11.5 Å². The van der Waals surface area contributed by atoms with Gasteiger partial charge in [0.25, 0.3) is 0 Å². The lowest BCUT2D eigenvalue weighted by Gasteiger charge is -2.26. The van der Waals surface area contributed by atoms with Gasteiger partial charge >= 0.3 is 5.97 Å². The number of benzene rings is 3. The summed E-state index contributed by atoms with van der Waals surface area (Å²) >= 11 is 1.65. The Morgan fingerprint density at radius 3 is 2.58 bits per heavy atom. The van der Waals surface area contributed by atoms with Gasteiger partial charge in [0.1, 0.15) is 23.1 Å². The van der Waals surface area contributed by atoms with Crippen LogP contribution in [0.1, 0.15) is 33.0 Å². The van der Waals surface area contributed by atoms with E-state index in [1.165, 1.54) is 0 Å². The Morgan fingerprint density at radius 2 is 1.90 bits per heavy atom. The molecule has 31 heavy (non-hydrogen) atoms. The molecule has 3 aromatic carbocycles. The number of fused-ring (bicyclic) bond motifs is 1. The van der Waals surface area contributed by atoms with Crippen molar-refractivity contribution in [3.63, 3.8) is 0 Å². The molecule has 1 atom stereocenters. The van der Waals surface area contributed by atoms with E-state index in [9.17, 15) is 10.1 Å². The lowest BCUT2D eigenvalue weighted by molar-refractivity contribution is 0.0734. The average Bonchev–Trinajstić information content (AvgIpc) is 2.78. The Morgan fingerprint density at radius 1 is 1.13 bits per heavy atom. The van der Waals surface area contributed by atoms with E-state index in [1.807, 2.05) is 55.6 Å². The first kappa shape index (κ1) is 20.6. The van der Waals surface area contributed by atoms with Crippen molar-refractivity contribution >= 4 is 17.7 Å². The second-order valence-corrected chi connectivity index (χ2v) is 8.04. The van der Waals surface area contributed by atoms with Gasteiger partial charge in [-0.1, -0.05) is 35.9 Å². The Labute approximate surface area is 185 Å². The topological polar surface area (TPSA) is 85.3 Å². The van der Waals surface area contributed by atoms with E-state index in [-0.39, 0.29) is 11.8 Å². The summed E-state index contributed by atoms with van der Waals surface area (Å²) in [4.78, 5) is 13.6. The number of hydrogen-bond donors (Lipinski definition) is 1. The fourth-order valence-electron chi connectivity index (χ4n) is 3.58. The summed E-state index contributed by atoms with van der Waals surface area (Å²) in [6.07, 6.45) is 2.01. The van der Waals surface area contributed by atoms with Crippen molar-refractivity contribution < 1.29 is 14.3 Å². The molecule has 1 heterocycles. The number of allylic oxidation sites excluding steroid dienone is 1. The third kappa shape index (κ3) is 4.14. The van der Waals surface area contributed by atoms with Crippen LogP contribution in [0.3, 0.4) is 0 Å². The minimum absolute atomic E-state index is 0.0519. The number of thioether (sulfide) groups is 1. The monoisotopic (exact) mass is 428 g/mol. The van der Waals surface area contributed by atoms with Gasteiger partial charge in [0, 0.05) is 16.5 Å². The minimum atomic E-state index is -0.454. The fourth-order valence-corrected chi connectivity index (χ4v) is 3.98. The lowest BCUT2D eigenvalue weighted by Crippen LogP contribution is -2.21. The van der Waals surface area contributed by atoms with Gasteiger partial charge in [-0.3, -0.25) is 0 Å².